The SMILES string of the molecule is CCCNC(COC(C)(C)C)c1cc(OC)cc(OC)c1. The van der Waals surface area contributed by atoms with Crippen LogP contribution in [0.5, 0.6) is 11.5 Å². The Hall–Kier alpha value is -1.26. The monoisotopic (exact) mass is 295 g/mol. The van der Waals surface area contributed by atoms with Gasteiger partial charge < -0.3 is 19.5 Å². The van der Waals surface area contributed by atoms with Crippen molar-refractivity contribution in [3.63, 3.8) is 0 Å². The van der Waals surface area contributed by atoms with Crippen molar-refractivity contribution in [2.75, 3.05) is 27.4 Å². The fourth-order valence-electron chi connectivity index (χ4n) is 1.96. The van der Waals surface area contributed by atoms with Gasteiger partial charge in [-0.05, 0) is 51.4 Å². The molecule has 0 aliphatic rings. The van der Waals surface area contributed by atoms with Crippen molar-refractivity contribution in [3.05, 3.63) is 23.8 Å². The van der Waals surface area contributed by atoms with Gasteiger partial charge in [0.15, 0.2) is 0 Å². The maximum atomic E-state index is 5.95. The number of hydrogen-bond donors (Lipinski definition) is 1. The molecule has 0 heterocycles. The summed E-state index contributed by atoms with van der Waals surface area (Å²) >= 11 is 0. The van der Waals surface area contributed by atoms with Crippen LogP contribution in [0.25, 0.3) is 0 Å². The highest BCUT2D eigenvalue weighted by molar-refractivity contribution is 5.39. The Morgan fingerprint density at radius 2 is 1.62 bits per heavy atom. The van der Waals surface area contributed by atoms with Crippen LogP contribution in [0.1, 0.15) is 45.7 Å². The second kappa shape index (κ2) is 8.25. The topological polar surface area (TPSA) is 39.7 Å². The molecule has 0 bridgehead atoms. The predicted molar refractivity (Wildman–Crippen MR) is 86.3 cm³/mol. The molecule has 0 amide bonds. The Morgan fingerprint density at radius 1 is 1.05 bits per heavy atom. The van der Waals surface area contributed by atoms with Gasteiger partial charge in [0.1, 0.15) is 11.5 Å². The van der Waals surface area contributed by atoms with Crippen LogP contribution in [-0.4, -0.2) is 33.0 Å². The Balaban J connectivity index is 2.95. The van der Waals surface area contributed by atoms with Gasteiger partial charge in [0.25, 0.3) is 0 Å². The molecule has 1 N–H and O–H groups in total. The van der Waals surface area contributed by atoms with E-state index in [9.17, 15) is 0 Å². The first-order valence-corrected chi connectivity index (χ1v) is 7.50. The van der Waals surface area contributed by atoms with Crippen molar-refractivity contribution < 1.29 is 14.2 Å². The van der Waals surface area contributed by atoms with Crippen LogP contribution in [-0.2, 0) is 4.74 Å². The summed E-state index contributed by atoms with van der Waals surface area (Å²) in [4.78, 5) is 0. The van der Waals surface area contributed by atoms with Crippen molar-refractivity contribution in [2.24, 2.45) is 0 Å². The van der Waals surface area contributed by atoms with Gasteiger partial charge in [0, 0.05) is 6.07 Å². The van der Waals surface area contributed by atoms with Crippen LogP contribution in [0.15, 0.2) is 18.2 Å². The number of methoxy groups -OCH3 is 2. The van der Waals surface area contributed by atoms with Crippen molar-refractivity contribution in [1.82, 2.24) is 5.32 Å². The number of ether oxygens (including phenoxy) is 3. The first-order valence-electron chi connectivity index (χ1n) is 7.50. The lowest BCUT2D eigenvalue weighted by molar-refractivity contribution is -0.0148. The first-order chi connectivity index (χ1) is 9.89. The van der Waals surface area contributed by atoms with E-state index in [1.165, 1.54) is 0 Å². The van der Waals surface area contributed by atoms with E-state index in [-0.39, 0.29) is 11.6 Å². The maximum absolute atomic E-state index is 5.95. The molecular weight excluding hydrogens is 266 g/mol. The molecule has 1 atom stereocenters. The molecule has 0 fully saturated rings. The number of rotatable bonds is 8. The summed E-state index contributed by atoms with van der Waals surface area (Å²) in [5.74, 6) is 1.59. The van der Waals surface area contributed by atoms with E-state index < -0.39 is 0 Å². The zero-order valence-corrected chi connectivity index (χ0v) is 14.2. The van der Waals surface area contributed by atoms with Crippen molar-refractivity contribution >= 4 is 0 Å². The van der Waals surface area contributed by atoms with Gasteiger partial charge in [0.05, 0.1) is 32.5 Å². The third kappa shape index (κ3) is 6.36. The van der Waals surface area contributed by atoms with Crippen LogP contribution in [0.4, 0.5) is 0 Å². The normalized spacial score (nSPS) is 13.0. The zero-order valence-electron chi connectivity index (χ0n) is 14.2. The molecular formula is C17H29NO3. The summed E-state index contributed by atoms with van der Waals surface area (Å²) in [6.07, 6.45) is 1.08. The smallest absolute Gasteiger partial charge is 0.122 e. The minimum atomic E-state index is -0.158. The van der Waals surface area contributed by atoms with Crippen molar-refractivity contribution in [3.8, 4) is 11.5 Å². The van der Waals surface area contributed by atoms with Gasteiger partial charge in [-0.3, -0.25) is 0 Å². The highest BCUT2D eigenvalue weighted by atomic mass is 16.5. The van der Waals surface area contributed by atoms with E-state index in [1.54, 1.807) is 14.2 Å². The van der Waals surface area contributed by atoms with E-state index >= 15 is 0 Å². The average molecular weight is 295 g/mol. The predicted octanol–water partition coefficient (Wildman–Crippen LogP) is 3.56. The molecule has 1 aromatic rings. The Morgan fingerprint density at radius 3 is 2.05 bits per heavy atom. The molecule has 120 valence electrons. The fraction of sp³-hybridized carbons (Fsp3) is 0.647. The molecule has 4 heteroatoms. The molecule has 1 unspecified atom stereocenters. The summed E-state index contributed by atoms with van der Waals surface area (Å²) in [6, 6.07) is 6.06. The van der Waals surface area contributed by atoms with Crippen LogP contribution in [0.3, 0.4) is 0 Å². The number of hydrogen-bond acceptors (Lipinski definition) is 4. The largest absolute Gasteiger partial charge is 0.497 e. The lowest BCUT2D eigenvalue weighted by Crippen LogP contribution is -2.30. The summed E-state index contributed by atoms with van der Waals surface area (Å²) < 4.78 is 16.6. The summed E-state index contributed by atoms with van der Waals surface area (Å²) in [5.41, 5.74) is 0.957. The van der Waals surface area contributed by atoms with Gasteiger partial charge in [-0.2, -0.15) is 0 Å². The van der Waals surface area contributed by atoms with E-state index in [1.807, 2.05) is 18.2 Å². The third-order valence-electron chi connectivity index (χ3n) is 3.10. The van der Waals surface area contributed by atoms with E-state index in [0.29, 0.717) is 6.61 Å². The summed E-state index contributed by atoms with van der Waals surface area (Å²) in [5, 5.41) is 3.52. The summed E-state index contributed by atoms with van der Waals surface area (Å²) in [6.45, 7) is 9.90. The molecule has 0 saturated carbocycles. The zero-order chi connectivity index (χ0) is 15.9. The number of nitrogens with one attached hydrogen (secondary N) is 1. The molecule has 1 rings (SSSR count). The molecule has 4 nitrogen and oxygen atoms in total. The Labute approximate surface area is 128 Å². The van der Waals surface area contributed by atoms with Gasteiger partial charge in [-0.1, -0.05) is 6.92 Å². The van der Waals surface area contributed by atoms with Gasteiger partial charge in [-0.15, -0.1) is 0 Å². The second-order valence-electron chi connectivity index (χ2n) is 6.08. The molecule has 0 saturated heterocycles. The third-order valence-corrected chi connectivity index (χ3v) is 3.10. The molecule has 0 aliphatic carbocycles. The molecule has 0 aromatic heterocycles. The lowest BCUT2D eigenvalue weighted by Gasteiger charge is -2.26. The van der Waals surface area contributed by atoms with E-state index in [4.69, 9.17) is 14.2 Å². The van der Waals surface area contributed by atoms with Gasteiger partial charge in [-0.25, -0.2) is 0 Å². The summed E-state index contributed by atoms with van der Waals surface area (Å²) in [7, 11) is 3.33. The van der Waals surface area contributed by atoms with Crippen LogP contribution in [0.2, 0.25) is 0 Å². The van der Waals surface area contributed by atoms with Crippen molar-refractivity contribution in [1.29, 1.82) is 0 Å². The van der Waals surface area contributed by atoms with Crippen LogP contribution < -0.4 is 14.8 Å². The second-order valence-corrected chi connectivity index (χ2v) is 6.08. The van der Waals surface area contributed by atoms with Crippen LogP contribution in [0, 0.1) is 0 Å². The molecule has 21 heavy (non-hydrogen) atoms. The molecule has 0 radical (unpaired) electrons. The quantitative estimate of drug-likeness (QED) is 0.796. The highest BCUT2D eigenvalue weighted by Gasteiger charge is 2.18. The van der Waals surface area contributed by atoms with E-state index in [2.05, 4.69) is 33.0 Å². The Kier molecular flexibility index (Phi) is 6.99. The molecule has 0 aliphatic heterocycles. The standard InChI is InChI=1S/C17H29NO3/c1-7-8-18-16(12-21-17(2,3)4)13-9-14(19-5)11-15(10-13)20-6/h9-11,16,18H,7-8,12H2,1-6H3. The Bertz CT molecular complexity index is 404. The van der Waals surface area contributed by atoms with Crippen LogP contribution >= 0.6 is 0 Å². The molecule has 1 aromatic carbocycles. The van der Waals surface area contributed by atoms with Gasteiger partial charge >= 0.3 is 0 Å². The average Bonchev–Trinajstić information content (AvgIpc) is 2.45. The minimum Gasteiger partial charge on any atom is -0.497 e. The fourth-order valence-corrected chi connectivity index (χ4v) is 1.96. The highest BCUT2D eigenvalue weighted by Crippen LogP contribution is 2.27. The maximum Gasteiger partial charge on any atom is 0.122 e. The number of benzene rings is 1. The van der Waals surface area contributed by atoms with E-state index in [0.717, 1.165) is 30.0 Å². The van der Waals surface area contributed by atoms with Crippen molar-refractivity contribution in [2.45, 2.75) is 45.8 Å². The molecule has 0 spiro atoms. The van der Waals surface area contributed by atoms with Gasteiger partial charge in [0.2, 0.25) is 0 Å². The minimum absolute atomic E-state index is 0.119. The first kappa shape index (κ1) is 17.8. The lowest BCUT2D eigenvalue weighted by atomic mass is 10.1.